The molecule has 0 unspecified atom stereocenters. The summed E-state index contributed by atoms with van der Waals surface area (Å²) >= 11 is 0. The Morgan fingerprint density at radius 3 is 2.27 bits per heavy atom. The minimum absolute atomic E-state index is 0.0722. The highest BCUT2D eigenvalue weighted by atomic mass is 32.2. The number of sulfonamides is 1. The number of piperidine rings is 1. The predicted molar refractivity (Wildman–Crippen MR) is 57.0 cm³/mol. The van der Waals surface area contributed by atoms with E-state index in [-0.39, 0.29) is 12.1 Å². The van der Waals surface area contributed by atoms with E-state index in [1.54, 1.807) is 7.05 Å². The van der Waals surface area contributed by atoms with Crippen molar-refractivity contribution in [1.82, 2.24) is 14.9 Å². The molecule has 0 bridgehead atoms. The summed E-state index contributed by atoms with van der Waals surface area (Å²) in [7, 11) is -1.52. The maximum atomic E-state index is 11.2. The Morgan fingerprint density at radius 1 is 1.33 bits per heavy atom. The zero-order valence-corrected chi connectivity index (χ0v) is 9.80. The van der Waals surface area contributed by atoms with Gasteiger partial charge in [-0.25, -0.2) is 17.5 Å². The Bertz CT molecular complexity index is 320. The molecule has 2 N–H and O–H groups in total. The van der Waals surface area contributed by atoms with Crippen LogP contribution in [0.4, 0.5) is 4.79 Å². The van der Waals surface area contributed by atoms with Crippen LogP contribution in [0.2, 0.25) is 0 Å². The van der Waals surface area contributed by atoms with E-state index in [4.69, 9.17) is 0 Å². The summed E-state index contributed by atoms with van der Waals surface area (Å²) in [6, 6.07) is -0.143. The van der Waals surface area contributed by atoms with Crippen molar-refractivity contribution in [3.8, 4) is 0 Å². The van der Waals surface area contributed by atoms with Crippen LogP contribution in [0.25, 0.3) is 0 Å². The van der Waals surface area contributed by atoms with Crippen LogP contribution >= 0.6 is 0 Å². The van der Waals surface area contributed by atoms with Gasteiger partial charge in [0.1, 0.15) is 0 Å². The van der Waals surface area contributed by atoms with Crippen molar-refractivity contribution in [2.75, 3.05) is 26.4 Å². The van der Waals surface area contributed by atoms with Crippen molar-refractivity contribution in [3.05, 3.63) is 0 Å². The average Bonchev–Trinajstić information content (AvgIpc) is 2.17. The zero-order valence-electron chi connectivity index (χ0n) is 8.99. The first-order valence-electron chi connectivity index (χ1n) is 4.87. The highest BCUT2D eigenvalue weighted by molar-refractivity contribution is 7.88. The Hall–Kier alpha value is -0.820. The SMILES string of the molecule is CNC(=O)NC1CCN(S(C)(=O)=O)CC1. The number of rotatable bonds is 2. The lowest BCUT2D eigenvalue weighted by atomic mass is 10.1. The second kappa shape index (κ2) is 4.80. The van der Waals surface area contributed by atoms with Gasteiger partial charge in [0.05, 0.1) is 6.26 Å². The summed E-state index contributed by atoms with van der Waals surface area (Å²) in [4.78, 5) is 11.0. The highest BCUT2D eigenvalue weighted by Crippen LogP contribution is 2.12. The molecule has 0 spiro atoms. The third-order valence-electron chi connectivity index (χ3n) is 2.49. The predicted octanol–water partition coefficient (Wildman–Crippen LogP) is -0.661. The lowest BCUT2D eigenvalue weighted by Gasteiger charge is -2.30. The number of carbonyl (C=O) groups excluding carboxylic acids is 1. The highest BCUT2D eigenvalue weighted by Gasteiger charge is 2.25. The van der Waals surface area contributed by atoms with Crippen molar-refractivity contribution in [2.45, 2.75) is 18.9 Å². The second-order valence-corrected chi connectivity index (χ2v) is 5.64. The molecule has 0 saturated carbocycles. The first-order chi connectivity index (χ1) is 6.93. The molecular weight excluding hydrogens is 218 g/mol. The first-order valence-corrected chi connectivity index (χ1v) is 6.71. The van der Waals surface area contributed by atoms with Crippen LogP contribution in [0.1, 0.15) is 12.8 Å². The quantitative estimate of drug-likeness (QED) is 0.667. The summed E-state index contributed by atoms with van der Waals surface area (Å²) in [6.07, 6.45) is 2.54. The van der Waals surface area contributed by atoms with E-state index in [0.29, 0.717) is 25.9 Å². The van der Waals surface area contributed by atoms with Gasteiger partial charge in [0.15, 0.2) is 0 Å². The van der Waals surface area contributed by atoms with Gasteiger partial charge in [0, 0.05) is 26.2 Å². The van der Waals surface area contributed by atoms with Gasteiger partial charge >= 0.3 is 6.03 Å². The summed E-state index contributed by atoms with van der Waals surface area (Å²) in [5, 5.41) is 5.24. The van der Waals surface area contributed by atoms with E-state index in [0.717, 1.165) is 0 Å². The normalized spacial score (nSPS) is 19.9. The van der Waals surface area contributed by atoms with Gasteiger partial charge in [-0.3, -0.25) is 0 Å². The van der Waals surface area contributed by atoms with Crippen LogP contribution in [-0.2, 0) is 10.0 Å². The third kappa shape index (κ3) is 3.67. The van der Waals surface area contributed by atoms with Gasteiger partial charge in [-0.15, -0.1) is 0 Å². The Labute approximate surface area is 90.1 Å². The maximum absolute atomic E-state index is 11.2. The molecule has 1 aliphatic rings. The number of amides is 2. The lowest BCUT2D eigenvalue weighted by molar-refractivity contribution is 0.229. The van der Waals surface area contributed by atoms with E-state index in [1.807, 2.05) is 0 Å². The molecule has 0 radical (unpaired) electrons. The zero-order chi connectivity index (χ0) is 11.5. The van der Waals surface area contributed by atoms with Crippen molar-refractivity contribution in [1.29, 1.82) is 0 Å². The molecule has 0 aromatic rings. The van der Waals surface area contributed by atoms with Gasteiger partial charge in [0.2, 0.25) is 10.0 Å². The Kier molecular flexibility index (Phi) is 3.92. The van der Waals surface area contributed by atoms with Crippen LogP contribution in [-0.4, -0.2) is 51.2 Å². The third-order valence-corrected chi connectivity index (χ3v) is 3.79. The largest absolute Gasteiger partial charge is 0.341 e. The number of hydrogen-bond donors (Lipinski definition) is 2. The summed E-state index contributed by atoms with van der Waals surface area (Å²) in [5.74, 6) is 0. The van der Waals surface area contributed by atoms with E-state index in [1.165, 1.54) is 10.6 Å². The number of urea groups is 1. The summed E-state index contributed by atoms with van der Waals surface area (Å²) < 4.78 is 23.8. The first kappa shape index (κ1) is 12.3. The minimum Gasteiger partial charge on any atom is -0.341 e. The number of hydrogen-bond acceptors (Lipinski definition) is 3. The minimum atomic E-state index is -3.08. The number of nitrogens with one attached hydrogen (secondary N) is 2. The van der Waals surface area contributed by atoms with E-state index in [9.17, 15) is 13.2 Å². The molecule has 15 heavy (non-hydrogen) atoms. The van der Waals surface area contributed by atoms with Crippen LogP contribution in [0, 0.1) is 0 Å². The molecule has 0 aliphatic carbocycles. The van der Waals surface area contributed by atoms with Gasteiger partial charge in [-0.2, -0.15) is 0 Å². The molecule has 1 saturated heterocycles. The summed E-state index contributed by atoms with van der Waals surface area (Å²) in [5.41, 5.74) is 0. The smallest absolute Gasteiger partial charge is 0.314 e. The fourth-order valence-electron chi connectivity index (χ4n) is 1.59. The molecule has 0 aromatic heterocycles. The van der Waals surface area contributed by atoms with Crippen LogP contribution in [0.5, 0.6) is 0 Å². The standard InChI is InChI=1S/C8H17N3O3S/c1-9-8(12)10-7-3-5-11(6-4-7)15(2,13)14/h7H,3-6H2,1-2H3,(H2,9,10,12). The molecule has 1 aliphatic heterocycles. The molecule has 88 valence electrons. The molecule has 1 rings (SSSR count). The Morgan fingerprint density at radius 2 is 1.87 bits per heavy atom. The monoisotopic (exact) mass is 235 g/mol. The van der Waals surface area contributed by atoms with Gasteiger partial charge in [-0.05, 0) is 12.8 Å². The van der Waals surface area contributed by atoms with E-state index < -0.39 is 10.0 Å². The fourth-order valence-corrected chi connectivity index (χ4v) is 2.46. The molecule has 1 fully saturated rings. The molecule has 2 amide bonds. The second-order valence-electron chi connectivity index (χ2n) is 3.66. The number of nitrogens with zero attached hydrogens (tertiary/aromatic N) is 1. The molecule has 7 heteroatoms. The molecule has 0 atom stereocenters. The van der Waals surface area contributed by atoms with Gasteiger partial charge in [0.25, 0.3) is 0 Å². The van der Waals surface area contributed by atoms with Gasteiger partial charge < -0.3 is 10.6 Å². The van der Waals surface area contributed by atoms with Crippen LogP contribution in [0.3, 0.4) is 0 Å². The van der Waals surface area contributed by atoms with Gasteiger partial charge in [-0.1, -0.05) is 0 Å². The topological polar surface area (TPSA) is 78.5 Å². The van der Waals surface area contributed by atoms with Crippen LogP contribution < -0.4 is 10.6 Å². The maximum Gasteiger partial charge on any atom is 0.314 e. The van der Waals surface area contributed by atoms with Crippen LogP contribution in [0.15, 0.2) is 0 Å². The fraction of sp³-hybridized carbons (Fsp3) is 0.875. The lowest BCUT2D eigenvalue weighted by Crippen LogP contribution is -2.48. The Balaban J connectivity index is 2.40. The summed E-state index contributed by atoms with van der Waals surface area (Å²) in [6.45, 7) is 0.959. The molecule has 6 nitrogen and oxygen atoms in total. The van der Waals surface area contributed by atoms with Crippen molar-refractivity contribution in [2.24, 2.45) is 0 Å². The van der Waals surface area contributed by atoms with E-state index in [2.05, 4.69) is 10.6 Å². The van der Waals surface area contributed by atoms with Crippen molar-refractivity contribution >= 4 is 16.1 Å². The van der Waals surface area contributed by atoms with E-state index >= 15 is 0 Å². The van der Waals surface area contributed by atoms with Crippen molar-refractivity contribution < 1.29 is 13.2 Å². The average molecular weight is 235 g/mol. The molecular formula is C8H17N3O3S. The van der Waals surface area contributed by atoms with Crippen molar-refractivity contribution in [3.63, 3.8) is 0 Å². The molecule has 0 aromatic carbocycles. The molecule has 1 heterocycles. The number of carbonyl (C=O) groups is 1.